The zero-order valence-corrected chi connectivity index (χ0v) is 11.2. The minimum Gasteiger partial charge on any atom is -0.381 e. The Hall–Kier alpha value is -0.410. The molecular formula is C13H27NO2. The van der Waals surface area contributed by atoms with Gasteiger partial charge in [-0.15, -0.1) is 0 Å². The third-order valence-electron chi connectivity index (χ3n) is 2.29. The molecule has 0 aliphatic rings. The van der Waals surface area contributed by atoms with Crippen molar-refractivity contribution in [3.63, 3.8) is 0 Å². The highest BCUT2D eigenvalue weighted by Gasteiger charge is 2.02. The van der Waals surface area contributed by atoms with Crippen LogP contribution in [0.4, 0.5) is 0 Å². The van der Waals surface area contributed by atoms with E-state index in [1.807, 2.05) is 13.8 Å². The number of Topliss-reactive ketones (excluding diaryl/α,β-unsaturated/α-hetero) is 1. The van der Waals surface area contributed by atoms with Crippen LogP contribution in [0.1, 0.15) is 47.0 Å². The van der Waals surface area contributed by atoms with Gasteiger partial charge < -0.3 is 10.1 Å². The van der Waals surface area contributed by atoms with E-state index in [0.29, 0.717) is 31.5 Å². The van der Waals surface area contributed by atoms with Gasteiger partial charge in [-0.25, -0.2) is 0 Å². The van der Waals surface area contributed by atoms with Crippen molar-refractivity contribution < 1.29 is 9.53 Å². The van der Waals surface area contributed by atoms with Crippen molar-refractivity contribution in [2.45, 2.75) is 53.0 Å². The predicted octanol–water partition coefficient (Wildman–Crippen LogP) is 2.40. The summed E-state index contributed by atoms with van der Waals surface area (Å²) in [7, 11) is 0. The summed E-state index contributed by atoms with van der Waals surface area (Å²) in [6.45, 7) is 10.5. The number of ether oxygens (including phenoxy) is 1. The summed E-state index contributed by atoms with van der Waals surface area (Å²) in [5.41, 5.74) is 0. The van der Waals surface area contributed by atoms with Crippen molar-refractivity contribution in [3.8, 4) is 0 Å². The molecule has 0 aliphatic heterocycles. The molecule has 1 N–H and O–H groups in total. The van der Waals surface area contributed by atoms with Gasteiger partial charge >= 0.3 is 0 Å². The number of hydrogen-bond acceptors (Lipinski definition) is 3. The van der Waals surface area contributed by atoms with E-state index in [2.05, 4.69) is 19.2 Å². The van der Waals surface area contributed by atoms with Crippen LogP contribution in [0.3, 0.4) is 0 Å². The number of carbonyl (C=O) groups excluding carboxylic acids is 1. The number of nitrogens with one attached hydrogen (secondary N) is 1. The highest BCUT2D eigenvalue weighted by atomic mass is 16.5. The van der Waals surface area contributed by atoms with Crippen LogP contribution < -0.4 is 5.32 Å². The van der Waals surface area contributed by atoms with Crippen LogP contribution in [0, 0.1) is 5.92 Å². The second-order valence-electron chi connectivity index (χ2n) is 4.97. The van der Waals surface area contributed by atoms with Gasteiger partial charge in [0.15, 0.2) is 0 Å². The van der Waals surface area contributed by atoms with Crippen LogP contribution in [0.5, 0.6) is 0 Å². The largest absolute Gasteiger partial charge is 0.381 e. The molecule has 0 rings (SSSR count). The molecule has 0 spiro atoms. The molecule has 0 saturated carbocycles. The van der Waals surface area contributed by atoms with Gasteiger partial charge in [-0.1, -0.05) is 27.7 Å². The zero-order valence-electron chi connectivity index (χ0n) is 11.2. The first-order chi connectivity index (χ1) is 7.52. The van der Waals surface area contributed by atoms with Crippen molar-refractivity contribution >= 4 is 5.78 Å². The number of rotatable bonds is 10. The van der Waals surface area contributed by atoms with E-state index in [4.69, 9.17) is 4.74 Å². The minimum atomic E-state index is 0.279. The van der Waals surface area contributed by atoms with Crippen molar-refractivity contribution in [3.05, 3.63) is 0 Å². The molecule has 0 unspecified atom stereocenters. The summed E-state index contributed by atoms with van der Waals surface area (Å²) < 4.78 is 5.45. The molecule has 0 aromatic rings. The molecule has 96 valence electrons. The quantitative estimate of drug-likeness (QED) is 0.585. The van der Waals surface area contributed by atoms with Crippen molar-refractivity contribution in [2.24, 2.45) is 5.92 Å². The van der Waals surface area contributed by atoms with Crippen LogP contribution in [0.15, 0.2) is 0 Å². The van der Waals surface area contributed by atoms with Crippen LogP contribution in [0.25, 0.3) is 0 Å². The Morgan fingerprint density at radius 1 is 1.19 bits per heavy atom. The molecule has 0 aliphatic carbocycles. The highest BCUT2D eigenvalue weighted by molar-refractivity contribution is 5.80. The molecule has 0 fully saturated rings. The predicted molar refractivity (Wildman–Crippen MR) is 67.7 cm³/mol. The van der Waals surface area contributed by atoms with Gasteiger partial charge in [-0.2, -0.15) is 0 Å². The Bertz CT molecular complexity index is 179. The molecule has 0 radical (unpaired) electrons. The number of ketones is 1. The van der Waals surface area contributed by atoms with E-state index in [-0.39, 0.29) is 5.78 Å². The third kappa shape index (κ3) is 11.7. The summed E-state index contributed by atoms with van der Waals surface area (Å²) in [5, 5.41) is 3.12. The lowest BCUT2D eigenvalue weighted by Gasteiger charge is -2.08. The first-order valence-electron chi connectivity index (χ1n) is 6.35. The lowest BCUT2D eigenvalue weighted by Crippen LogP contribution is -2.29. The van der Waals surface area contributed by atoms with E-state index >= 15 is 0 Å². The smallest absolute Gasteiger partial charge is 0.146 e. The maximum absolute atomic E-state index is 11.4. The molecule has 0 amide bonds. The van der Waals surface area contributed by atoms with Gasteiger partial charge in [0, 0.05) is 25.7 Å². The number of carbonyl (C=O) groups is 1. The molecule has 0 heterocycles. The Balaban J connectivity index is 3.21. The maximum Gasteiger partial charge on any atom is 0.146 e. The SMILES string of the molecule is CC(C)CCOCCCC(=O)CNC(C)C. The summed E-state index contributed by atoms with van der Waals surface area (Å²) in [4.78, 5) is 11.4. The van der Waals surface area contributed by atoms with Gasteiger partial charge in [0.25, 0.3) is 0 Å². The van der Waals surface area contributed by atoms with Gasteiger partial charge in [-0.3, -0.25) is 4.79 Å². The topological polar surface area (TPSA) is 38.3 Å². The van der Waals surface area contributed by atoms with Crippen molar-refractivity contribution in [1.82, 2.24) is 5.32 Å². The molecule has 0 bridgehead atoms. The fourth-order valence-electron chi connectivity index (χ4n) is 1.20. The lowest BCUT2D eigenvalue weighted by atomic mass is 10.1. The first kappa shape index (κ1) is 15.6. The molecule has 3 nitrogen and oxygen atoms in total. The van der Waals surface area contributed by atoms with Gasteiger partial charge in [0.1, 0.15) is 5.78 Å². The molecule has 0 aromatic heterocycles. The van der Waals surface area contributed by atoms with E-state index in [1.54, 1.807) is 0 Å². The molecule has 0 atom stereocenters. The Morgan fingerprint density at radius 2 is 1.88 bits per heavy atom. The molecule has 16 heavy (non-hydrogen) atoms. The molecular weight excluding hydrogens is 202 g/mol. The van der Waals surface area contributed by atoms with Crippen LogP contribution in [-0.2, 0) is 9.53 Å². The lowest BCUT2D eigenvalue weighted by molar-refractivity contribution is -0.118. The minimum absolute atomic E-state index is 0.279. The molecule has 0 aromatic carbocycles. The van der Waals surface area contributed by atoms with Gasteiger partial charge in [-0.05, 0) is 18.8 Å². The highest BCUT2D eigenvalue weighted by Crippen LogP contribution is 2.00. The second-order valence-corrected chi connectivity index (χ2v) is 4.97. The zero-order chi connectivity index (χ0) is 12.4. The van der Waals surface area contributed by atoms with Crippen molar-refractivity contribution in [2.75, 3.05) is 19.8 Å². The fourth-order valence-corrected chi connectivity index (χ4v) is 1.20. The van der Waals surface area contributed by atoms with E-state index < -0.39 is 0 Å². The first-order valence-corrected chi connectivity index (χ1v) is 6.35. The van der Waals surface area contributed by atoms with E-state index in [0.717, 1.165) is 19.4 Å². The second kappa shape index (κ2) is 9.79. The van der Waals surface area contributed by atoms with Crippen LogP contribution in [0.2, 0.25) is 0 Å². The summed E-state index contributed by atoms with van der Waals surface area (Å²) in [5.74, 6) is 0.970. The molecule has 0 saturated heterocycles. The summed E-state index contributed by atoms with van der Waals surface area (Å²) in [6.07, 6.45) is 2.57. The maximum atomic E-state index is 11.4. The fraction of sp³-hybridized carbons (Fsp3) is 0.923. The van der Waals surface area contributed by atoms with Crippen LogP contribution in [-0.4, -0.2) is 31.6 Å². The average Bonchev–Trinajstić information content (AvgIpc) is 2.19. The standard InChI is InChI=1S/C13H27NO2/c1-11(2)7-9-16-8-5-6-13(15)10-14-12(3)4/h11-12,14H,5-10H2,1-4H3. The normalized spacial score (nSPS) is 11.4. The summed E-state index contributed by atoms with van der Waals surface area (Å²) in [6, 6.07) is 0.381. The Morgan fingerprint density at radius 3 is 2.44 bits per heavy atom. The Kier molecular flexibility index (Phi) is 9.54. The van der Waals surface area contributed by atoms with Gasteiger partial charge in [0.05, 0.1) is 6.54 Å². The molecule has 3 heteroatoms. The summed E-state index contributed by atoms with van der Waals surface area (Å²) >= 11 is 0. The third-order valence-corrected chi connectivity index (χ3v) is 2.29. The van der Waals surface area contributed by atoms with E-state index in [1.165, 1.54) is 0 Å². The van der Waals surface area contributed by atoms with Crippen molar-refractivity contribution in [1.29, 1.82) is 0 Å². The monoisotopic (exact) mass is 229 g/mol. The number of hydrogen-bond donors (Lipinski definition) is 1. The Labute approximate surface area is 99.9 Å². The van der Waals surface area contributed by atoms with E-state index in [9.17, 15) is 4.79 Å². The van der Waals surface area contributed by atoms with Gasteiger partial charge in [0.2, 0.25) is 0 Å². The average molecular weight is 229 g/mol. The van der Waals surface area contributed by atoms with Crippen LogP contribution >= 0.6 is 0 Å².